The van der Waals surface area contributed by atoms with E-state index in [4.69, 9.17) is 4.74 Å². The fraction of sp³-hybridized carbons (Fsp3) is 0.182. The molecule has 3 aromatic carbocycles. The van der Waals surface area contributed by atoms with E-state index >= 15 is 0 Å². The van der Waals surface area contributed by atoms with Crippen molar-refractivity contribution in [1.82, 2.24) is 5.32 Å². The van der Waals surface area contributed by atoms with E-state index in [-0.39, 0.29) is 18.4 Å². The number of carbonyl (C=O) groups is 2. The summed E-state index contributed by atoms with van der Waals surface area (Å²) in [5.41, 5.74) is 1.11. The first-order valence-electron chi connectivity index (χ1n) is 9.00. The summed E-state index contributed by atoms with van der Waals surface area (Å²) in [5, 5.41) is 7.89. The molecule has 136 valence electrons. The SMILES string of the molecule is O=C(COc1ccc2ccccc2c1)Nc1cccc(C(=O)NC2CC2)c1. The first-order chi connectivity index (χ1) is 13.2. The van der Waals surface area contributed by atoms with E-state index in [1.165, 1.54) is 0 Å². The van der Waals surface area contributed by atoms with Crippen molar-refractivity contribution in [3.8, 4) is 5.75 Å². The predicted octanol–water partition coefficient (Wildman–Crippen LogP) is 3.75. The third-order valence-electron chi connectivity index (χ3n) is 4.41. The highest BCUT2D eigenvalue weighted by Crippen LogP contribution is 2.21. The molecule has 3 aromatic rings. The molecule has 27 heavy (non-hydrogen) atoms. The fourth-order valence-corrected chi connectivity index (χ4v) is 2.84. The number of hydrogen-bond acceptors (Lipinski definition) is 3. The van der Waals surface area contributed by atoms with Gasteiger partial charge in [-0.1, -0.05) is 36.4 Å². The molecule has 2 amide bonds. The maximum absolute atomic E-state index is 12.2. The van der Waals surface area contributed by atoms with Crippen molar-refractivity contribution in [1.29, 1.82) is 0 Å². The Morgan fingerprint density at radius 3 is 2.56 bits per heavy atom. The first-order valence-corrected chi connectivity index (χ1v) is 9.00. The highest BCUT2D eigenvalue weighted by Gasteiger charge is 2.23. The molecule has 0 heterocycles. The minimum absolute atomic E-state index is 0.100. The number of benzene rings is 3. The zero-order valence-electron chi connectivity index (χ0n) is 14.8. The number of fused-ring (bicyclic) bond motifs is 1. The van der Waals surface area contributed by atoms with Crippen molar-refractivity contribution in [3.05, 3.63) is 72.3 Å². The van der Waals surface area contributed by atoms with Crippen LogP contribution in [-0.2, 0) is 4.79 Å². The van der Waals surface area contributed by atoms with Crippen LogP contribution >= 0.6 is 0 Å². The van der Waals surface area contributed by atoms with Crippen LogP contribution in [0.5, 0.6) is 5.75 Å². The summed E-state index contributed by atoms with van der Waals surface area (Å²) in [6.07, 6.45) is 2.07. The van der Waals surface area contributed by atoms with E-state index in [2.05, 4.69) is 10.6 Å². The Labute approximate surface area is 157 Å². The van der Waals surface area contributed by atoms with Gasteiger partial charge in [0.25, 0.3) is 11.8 Å². The van der Waals surface area contributed by atoms with Crippen LogP contribution in [0.4, 0.5) is 5.69 Å². The largest absolute Gasteiger partial charge is 0.484 e. The fourth-order valence-electron chi connectivity index (χ4n) is 2.84. The lowest BCUT2D eigenvalue weighted by molar-refractivity contribution is -0.118. The Morgan fingerprint density at radius 2 is 1.74 bits per heavy atom. The van der Waals surface area contributed by atoms with Gasteiger partial charge < -0.3 is 15.4 Å². The molecule has 5 heteroatoms. The van der Waals surface area contributed by atoms with Crippen LogP contribution in [0.25, 0.3) is 10.8 Å². The van der Waals surface area contributed by atoms with Crippen molar-refractivity contribution in [2.45, 2.75) is 18.9 Å². The second kappa shape index (κ2) is 7.50. The molecule has 1 saturated carbocycles. The smallest absolute Gasteiger partial charge is 0.262 e. The molecule has 0 saturated heterocycles. The van der Waals surface area contributed by atoms with Crippen LogP contribution in [0.1, 0.15) is 23.2 Å². The average molecular weight is 360 g/mol. The highest BCUT2D eigenvalue weighted by atomic mass is 16.5. The number of rotatable bonds is 6. The zero-order chi connectivity index (χ0) is 18.6. The molecule has 4 rings (SSSR count). The van der Waals surface area contributed by atoms with Gasteiger partial charge in [0.1, 0.15) is 5.75 Å². The zero-order valence-corrected chi connectivity index (χ0v) is 14.8. The number of amides is 2. The van der Waals surface area contributed by atoms with Gasteiger partial charge in [0, 0.05) is 17.3 Å². The van der Waals surface area contributed by atoms with Gasteiger partial charge >= 0.3 is 0 Å². The molecular weight excluding hydrogens is 340 g/mol. The van der Waals surface area contributed by atoms with Crippen LogP contribution in [0.3, 0.4) is 0 Å². The summed E-state index contributed by atoms with van der Waals surface area (Å²) in [5.74, 6) is 0.255. The van der Waals surface area contributed by atoms with Gasteiger partial charge in [-0.3, -0.25) is 9.59 Å². The molecule has 0 radical (unpaired) electrons. The summed E-state index contributed by atoms with van der Waals surface area (Å²) in [6.45, 7) is -0.100. The van der Waals surface area contributed by atoms with Crippen LogP contribution in [0.15, 0.2) is 66.7 Å². The van der Waals surface area contributed by atoms with Crippen molar-refractivity contribution in [3.63, 3.8) is 0 Å². The third-order valence-corrected chi connectivity index (χ3v) is 4.41. The molecule has 0 aliphatic heterocycles. The number of hydrogen-bond donors (Lipinski definition) is 2. The van der Waals surface area contributed by atoms with E-state index in [9.17, 15) is 9.59 Å². The van der Waals surface area contributed by atoms with E-state index in [1.54, 1.807) is 24.3 Å². The lowest BCUT2D eigenvalue weighted by Crippen LogP contribution is -2.25. The molecule has 5 nitrogen and oxygen atoms in total. The van der Waals surface area contributed by atoms with E-state index in [1.807, 2.05) is 42.5 Å². The second-order valence-electron chi connectivity index (χ2n) is 6.67. The van der Waals surface area contributed by atoms with Crippen LogP contribution in [0.2, 0.25) is 0 Å². The Morgan fingerprint density at radius 1 is 0.926 bits per heavy atom. The number of ether oxygens (including phenoxy) is 1. The topological polar surface area (TPSA) is 67.4 Å². The van der Waals surface area contributed by atoms with Crippen molar-refractivity contribution < 1.29 is 14.3 Å². The van der Waals surface area contributed by atoms with Crippen molar-refractivity contribution in [2.75, 3.05) is 11.9 Å². The average Bonchev–Trinajstić information content (AvgIpc) is 3.50. The summed E-state index contributed by atoms with van der Waals surface area (Å²) in [7, 11) is 0. The Balaban J connectivity index is 1.35. The maximum atomic E-state index is 12.2. The molecule has 0 atom stereocenters. The number of carbonyl (C=O) groups excluding carboxylic acids is 2. The first kappa shape index (κ1) is 17.1. The van der Waals surface area contributed by atoms with Gasteiger partial charge in [0.15, 0.2) is 6.61 Å². The van der Waals surface area contributed by atoms with Gasteiger partial charge in [-0.15, -0.1) is 0 Å². The molecular formula is C22H20N2O3. The molecule has 1 fully saturated rings. The highest BCUT2D eigenvalue weighted by molar-refractivity contribution is 5.97. The Bertz CT molecular complexity index is 996. The molecule has 2 N–H and O–H groups in total. The van der Waals surface area contributed by atoms with Crippen molar-refractivity contribution in [2.24, 2.45) is 0 Å². The minimum atomic E-state index is -0.275. The van der Waals surface area contributed by atoms with Crippen LogP contribution in [0, 0.1) is 0 Å². The van der Waals surface area contributed by atoms with Gasteiger partial charge in [-0.05, 0) is 53.9 Å². The maximum Gasteiger partial charge on any atom is 0.262 e. The summed E-state index contributed by atoms with van der Waals surface area (Å²) < 4.78 is 5.60. The van der Waals surface area contributed by atoms with Crippen LogP contribution in [-0.4, -0.2) is 24.5 Å². The quantitative estimate of drug-likeness (QED) is 0.703. The Hall–Kier alpha value is -3.34. The molecule has 1 aliphatic carbocycles. The van der Waals surface area contributed by atoms with Gasteiger partial charge in [-0.2, -0.15) is 0 Å². The lowest BCUT2D eigenvalue weighted by atomic mass is 10.1. The van der Waals surface area contributed by atoms with E-state index < -0.39 is 0 Å². The lowest BCUT2D eigenvalue weighted by Gasteiger charge is -2.10. The molecule has 1 aliphatic rings. The standard InChI is InChI=1S/C22H20N2O3/c25-21(14-27-20-11-8-15-4-1-2-5-16(15)13-20)23-19-7-3-6-17(12-19)22(26)24-18-9-10-18/h1-8,11-13,18H,9-10,14H2,(H,23,25)(H,24,26). The molecule has 0 bridgehead atoms. The summed E-state index contributed by atoms with van der Waals surface area (Å²) in [4.78, 5) is 24.3. The third kappa shape index (κ3) is 4.44. The summed E-state index contributed by atoms with van der Waals surface area (Å²) >= 11 is 0. The Kier molecular flexibility index (Phi) is 4.75. The minimum Gasteiger partial charge on any atom is -0.484 e. The molecule has 0 unspecified atom stereocenters. The molecule has 0 spiro atoms. The predicted molar refractivity (Wildman–Crippen MR) is 105 cm³/mol. The summed E-state index contributed by atoms with van der Waals surface area (Å²) in [6, 6.07) is 20.9. The number of nitrogens with one attached hydrogen (secondary N) is 2. The van der Waals surface area contributed by atoms with Gasteiger partial charge in [0.05, 0.1) is 0 Å². The molecule has 0 aromatic heterocycles. The van der Waals surface area contributed by atoms with Gasteiger partial charge in [-0.25, -0.2) is 0 Å². The van der Waals surface area contributed by atoms with Gasteiger partial charge in [0.2, 0.25) is 0 Å². The normalized spacial score (nSPS) is 13.2. The van der Waals surface area contributed by atoms with E-state index in [0.29, 0.717) is 23.0 Å². The second-order valence-corrected chi connectivity index (χ2v) is 6.67. The van der Waals surface area contributed by atoms with Crippen molar-refractivity contribution >= 4 is 28.3 Å². The van der Waals surface area contributed by atoms with Crippen LogP contribution < -0.4 is 15.4 Å². The monoisotopic (exact) mass is 360 g/mol. The van der Waals surface area contributed by atoms with E-state index in [0.717, 1.165) is 23.6 Å². The number of anilines is 1.